The summed E-state index contributed by atoms with van der Waals surface area (Å²) >= 11 is 0. The molecule has 0 radical (unpaired) electrons. The van der Waals surface area contributed by atoms with Gasteiger partial charge in [-0.3, -0.25) is 0 Å². The van der Waals surface area contributed by atoms with E-state index < -0.39 is 0 Å². The summed E-state index contributed by atoms with van der Waals surface area (Å²) in [5.74, 6) is 0. The van der Waals surface area contributed by atoms with E-state index in [1.165, 1.54) is 246 Å². The summed E-state index contributed by atoms with van der Waals surface area (Å²) in [6.07, 6.45) is 0. The first-order valence-electron chi connectivity index (χ1n) is 44.6. The van der Waals surface area contributed by atoms with E-state index in [1.807, 2.05) is 0 Å². The zero-order chi connectivity index (χ0) is 85.0. The van der Waals surface area contributed by atoms with Crippen molar-refractivity contribution in [3.05, 3.63) is 491 Å². The van der Waals surface area contributed by atoms with E-state index in [4.69, 9.17) is 0 Å². The van der Waals surface area contributed by atoms with Crippen molar-refractivity contribution in [3.63, 3.8) is 0 Å². The number of nitrogens with zero attached hydrogens (tertiary/aromatic N) is 3. The first kappa shape index (κ1) is 74.6. The quantitative estimate of drug-likeness (QED) is 0.128. The van der Waals surface area contributed by atoms with Gasteiger partial charge in [-0.2, -0.15) is 0 Å². The summed E-state index contributed by atoms with van der Waals surface area (Å²) in [7, 11) is 0. The summed E-state index contributed by atoms with van der Waals surface area (Å²) < 4.78 is 7.25. The molecule has 0 saturated carbocycles. The number of hydrogen-bond donors (Lipinski definition) is 0. The molecule has 0 spiro atoms. The summed E-state index contributed by atoms with van der Waals surface area (Å²) in [5, 5.41) is 31.0. The molecule has 600 valence electrons. The van der Waals surface area contributed by atoms with Crippen LogP contribution in [0.15, 0.2) is 491 Å². The third-order valence-corrected chi connectivity index (χ3v) is 26.9. The second-order valence-corrected chi connectivity index (χ2v) is 34.0. The van der Waals surface area contributed by atoms with Crippen LogP contribution in [-0.2, 0) is 0 Å². The van der Waals surface area contributed by atoms with Crippen molar-refractivity contribution in [3.8, 4) is 83.8 Å². The third-order valence-electron chi connectivity index (χ3n) is 26.9. The van der Waals surface area contributed by atoms with Gasteiger partial charge in [-0.15, -0.1) is 0 Å². The van der Waals surface area contributed by atoms with Crippen LogP contribution in [0.4, 0.5) is 0 Å². The van der Waals surface area contributed by atoms with E-state index >= 15 is 0 Å². The molecule has 0 fully saturated rings. The Morgan fingerprint density at radius 3 is 0.721 bits per heavy atom. The van der Waals surface area contributed by atoms with Gasteiger partial charge in [0, 0.05) is 49.4 Å². The smallest absolute Gasteiger partial charge is 0.0547 e. The van der Waals surface area contributed by atoms with Crippen molar-refractivity contribution in [1.29, 1.82) is 0 Å². The minimum atomic E-state index is 1.17. The average molecular weight is 1640 g/mol. The molecular weight excluding hydrogens is 1560 g/mol. The maximum absolute atomic E-state index is 2.42. The van der Waals surface area contributed by atoms with Crippen LogP contribution in [0, 0.1) is 0 Å². The number of fused-ring (bicyclic) bond motifs is 27. The predicted octanol–water partition coefficient (Wildman–Crippen LogP) is 34.7. The van der Waals surface area contributed by atoms with Gasteiger partial charge in [0.25, 0.3) is 0 Å². The van der Waals surface area contributed by atoms with Crippen molar-refractivity contribution in [2.75, 3.05) is 0 Å². The van der Waals surface area contributed by atoms with E-state index in [0.717, 1.165) is 0 Å². The Balaban J connectivity index is 0.000000105. The summed E-state index contributed by atoms with van der Waals surface area (Å²) in [5.41, 5.74) is 25.5. The Morgan fingerprint density at radius 2 is 0.326 bits per heavy atom. The van der Waals surface area contributed by atoms with E-state index in [-0.39, 0.29) is 0 Å². The van der Waals surface area contributed by atoms with Crippen molar-refractivity contribution >= 4 is 162 Å². The lowest BCUT2D eigenvalue weighted by atomic mass is 9.91. The molecule has 27 aromatic rings. The molecule has 0 saturated heterocycles. The molecule has 0 N–H and O–H groups in total. The largest absolute Gasteiger partial charge is 0.309 e. The molecule has 129 heavy (non-hydrogen) atoms. The average Bonchev–Trinajstić information content (AvgIpc) is 1.70. The first-order chi connectivity index (χ1) is 64.0. The monoisotopic (exact) mass is 1640 g/mol. The molecule has 27 rings (SSSR count). The van der Waals surface area contributed by atoms with E-state index in [0.29, 0.717) is 0 Å². The van der Waals surface area contributed by atoms with Gasteiger partial charge >= 0.3 is 0 Å². The molecule has 3 nitrogen and oxygen atoms in total. The summed E-state index contributed by atoms with van der Waals surface area (Å²) in [6.45, 7) is 0. The maximum Gasteiger partial charge on any atom is 0.0547 e. The molecule has 0 aliphatic rings. The van der Waals surface area contributed by atoms with E-state index in [9.17, 15) is 0 Å². The van der Waals surface area contributed by atoms with Gasteiger partial charge in [-0.25, -0.2) is 0 Å². The minimum absolute atomic E-state index is 1.17. The highest BCUT2D eigenvalue weighted by molar-refractivity contribution is 6.29. The molecule has 0 amide bonds. The summed E-state index contributed by atoms with van der Waals surface area (Å²) in [6, 6.07) is 179. The standard InChI is InChI=1S/3C42H27N/c1-2-12-28(13-3-1)29-14-10-15-31(26-29)43-40-22-9-8-20-38(40)42-32(21-11-23-41(42)43)30-24-25-37-35-18-5-4-16-33(35)34-17-6-7-19-36(34)39(37)27-30;1-2-11-28(12-3-1)29-13-10-14-32(25-29)43-41-20-9-8-19-38(41)40-27-31(22-24-42(40)43)30-21-23-37-35-17-5-4-15-33(35)34-16-6-7-18-36(34)39(37)26-30;1-2-11-28(12-3-1)29-13-10-14-32(25-29)43-41-20-9-8-19-38(41)39-24-22-31(27-42(39)43)30-21-23-37-35-17-5-4-15-33(35)34-16-6-7-18-36(34)40(37)26-30/h3*1-27H. The zero-order valence-corrected chi connectivity index (χ0v) is 70.6. The lowest BCUT2D eigenvalue weighted by Gasteiger charge is -2.13. The molecule has 3 heterocycles. The van der Waals surface area contributed by atoms with Gasteiger partial charge in [-0.05, 0) is 261 Å². The fourth-order valence-corrected chi connectivity index (χ4v) is 21.0. The second kappa shape index (κ2) is 31.1. The lowest BCUT2D eigenvalue weighted by molar-refractivity contribution is 1.18. The Kier molecular flexibility index (Phi) is 18.0. The van der Waals surface area contributed by atoms with E-state index in [2.05, 4.69) is 505 Å². The Morgan fingerprint density at radius 1 is 0.101 bits per heavy atom. The van der Waals surface area contributed by atoms with E-state index in [1.54, 1.807) is 0 Å². The van der Waals surface area contributed by atoms with Gasteiger partial charge in [-0.1, -0.05) is 394 Å². The topological polar surface area (TPSA) is 14.8 Å². The Labute approximate surface area is 746 Å². The molecular formula is C126H81N3. The van der Waals surface area contributed by atoms with Crippen molar-refractivity contribution in [1.82, 2.24) is 13.7 Å². The van der Waals surface area contributed by atoms with Crippen LogP contribution < -0.4 is 0 Å². The SMILES string of the molecule is c1ccc(-c2cccc(-n3c4ccccc4c4c(-c5ccc6c7ccccc7c7ccccc7c6c5)cccc43)c2)cc1.c1ccc(-c2cccc(-n3c4ccccc4c4cc(-c5ccc6c7ccccc7c7ccccc7c6c5)ccc43)c2)cc1.c1ccc(-c2cccc(-n3c4ccccc4c4ccc(-c5ccc6c7ccccc7c7ccccc7c6c5)cc43)c2)cc1. The molecule has 3 aromatic heterocycles. The van der Waals surface area contributed by atoms with Crippen LogP contribution >= 0.6 is 0 Å². The molecule has 0 bridgehead atoms. The van der Waals surface area contributed by atoms with Crippen LogP contribution in [0.3, 0.4) is 0 Å². The van der Waals surface area contributed by atoms with Gasteiger partial charge in [0.15, 0.2) is 0 Å². The van der Waals surface area contributed by atoms with Crippen molar-refractivity contribution < 1.29 is 0 Å². The number of benzene rings is 24. The third kappa shape index (κ3) is 12.6. The van der Waals surface area contributed by atoms with Crippen molar-refractivity contribution in [2.45, 2.75) is 0 Å². The number of para-hydroxylation sites is 3. The fourth-order valence-electron chi connectivity index (χ4n) is 21.0. The normalized spacial score (nSPS) is 11.7. The van der Waals surface area contributed by atoms with Crippen LogP contribution in [0.25, 0.3) is 246 Å². The Hall–Kier alpha value is -17.0. The van der Waals surface area contributed by atoms with Gasteiger partial charge in [0.2, 0.25) is 0 Å². The van der Waals surface area contributed by atoms with Gasteiger partial charge < -0.3 is 13.7 Å². The number of hydrogen-bond acceptors (Lipinski definition) is 0. The van der Waals surface area contributed by atoms with Crippen LogP contribution in [0.2, 0.25) is 0 Å². The molecule has 0 unspecified atom stereocenters. The Bertz CT molecular complexity index is 8990. The molecule has 24 aromatic carbocycles. The second-order valence-electron chi connectivity index (χ2n) is 34.0. The van der Waals surface area contributed by atoms with Gasteiger partial charge in [0.1, 0.15) is 0 Å². The minimum Gasteiger partial charge on any atom is -0.309 e. The van der Waals surface area contributed by atoms with Crippen LogP contribution in [0.5, 0.6) is 0 Å². The zero-order valence-electron chi connectivity index (χ0n) is 70.6. The highest BCUT2D eigenvalue weighted by Gasteiger charge is 2.22. The summed E-state index contributed by atoms with van der Waals surface area (Å²) in [4.78, 5) is 0. The highest BCUT2D eigenvalue weighted by Crippen LogP contribution is 2.47. The molecule has 3 heteroatoms. The van der Waals surface area contributed by atoms with Crippen LogP contribution in [-0.4, -0.2) is 13.7 Å². The number of aromatic nitrogens is 3. The van der Waals surface area contributed by atoms with Crippen LogP contribution in [0.1, 0.15) is 0 Å². The fraction of sp³-hybridized carbons (Fsp3) is 0. The maximum atomic E-state index is 2.42. The number of rotatable bonds is 9. The predicted molar refractivity (Wildman–Crippen MR) is 553 cm³/mol. The van der Waals surface area contributed by atoms with Crippen molar-refractivity contribution in [2.24, 2.45) is 0 Å². The lowest BCUT2D eigenvalue weighted by Crippen LogP contribution is -1.94. The highest BCUT2D eigenvalue weighted by atomic mass is 15.0. The molecule has 0 aliphatic carbocycles. The molecule has 0 atom stereocenters. The van der Waals surface area contributed by atoms with Gasteiger partial charge in [0.05, 0.1) is 33.1 Å². The molecule has 0 aliphatic heterocycles. The first-order valence-corrected chi connectivity index (χ1v) is 44.6.